The van der Waals surface area contributed by atoms with Crippen LogP contribution in [-0.4, -0.2) is 29.3 Å². The Balaban J connectivity index is 1.58. The SMILES string of the molecule is O=c1n(Cc2cn(-c3ccc(F)cc3)nn2)nc2n1CCCCC2. The molecule has 0 radical (unpaired) electrons. The predicted octanol–water partition coefficient (Wildman–Crippen LogP) is 1.54. The molecule has 3 aromatic rings. The predicted molar refractivity (Wildman–Crippen MR) is 84.5 cm³/mol. The van der Waals surface area contributed by atoms with Crippen LogP contribution in [0.15, 0.2) is 35.3 Å². The second kappa shape index (κ2) is 6.03. The average Bonchev–Trinajstić information content (AvgIpc) is 3.07. The Morgan fingerprint density at radius 2 is 1.96 bits per heavy atom. The molecule has 0 aliphatic carbocycles. The summed E-state index contributed by atoms with van der Waals surface area (Å²) in [4.78, 5) is 12.5. The van der Waals surface area contributed by atoms with Gasteiger partial charge in [0.2, 0.25) is 0 Å². The lowest BCUT2D eigenvalue weighted by Gasteiger charge is -1.99. The van der Waals surface area contributed by atoms with Gasteiger partial charge in [-0.1, -0.05) is 11.6 Å². The average molecular weight is 328 g/mol. The molecule has 24 heavy (non-hydrogen) atoms. The monoisotopic (exact) mass is 328 g/mol. The van der Waals surface area contributed by atoms with Crippen molar-refractivity contribution < 1.29 is 4.39 Å². The number of hydrogen-bond donors (Lipinski definition) is 0. The summed E-state index contributed by atoms with van der Waals surface area (Å²) in [5.41, 5.74) is 1.25. The van der Waals surface area contributed by atoms with E-state index in [2.05, 4.69) is 15.4 Å². The molecule has 8 heteroatoms. The lowest BCUT2D eigenvalue weighted by atomic mass is 10.2. The molecule has 0 saturated heterocycles. The molecule has 0 N–H and O–H groups in total. The van der Waals surface area contributed by atoms with Gasteiger partial charge < -0.3 is 0 Å². The van der Waals surface area contributed by atoms with Gasteiger partial charge in [-0.05, 0) is 37.1 Å². The highest BCUT2D eigenvalue weighted by Gasteiger charge is 2.16. The fourth-order valence-corrected chi connectivity index (χ4v) is 2.97. The number of benzene rings is 1. The third kappa shape index (κ3) is 2.75. The minimum absolute atomic E-state index is 0.0942. The summed E-state index contributed by atoms with van der Waals surface area (Å²) < 4.78 is 17.7. The van der Waals surface area contributed by atoms with Gasteiger partial charge in [-0.2, -0.15) is 5.10 Å². The standard InChI is InChI=1S/C16H17FN6O/c17-12-5-7-14(8-6-12)22-10-13(18-20-22)11-23-16(24)21-9-3-1-2-4-15(21)19-23/h5-8,10H,1-4,9,11H2. The van der Waals surface area contributed by atoms with Gasteiger partial charge in [0.15, 0.2) is 0 Å². The highest BCUT2D eigenvalue weighted by atomic mass is 19.1. The van der Waals surface area contributed by atoms with Crippen LogP contribution in [0.2, 0.25) is 0 Å². The molecule has 2 aromatic heterocycles. The fourth-order valence-electron chi connectivity index (χ4n) is 2.97. The van der Waals surface area contributed by atoms with E-state index in [0.29, 0.717) is 11.4 Å². The number of aromatic nitrogens is 6. The molecule has 4 rings (SSSR count). The summed E-state index contributed by atoms with van der Waals surface area (Å²) in [6, 6.07) is 5.98. The zero-order chi connectivity index (χ0) is 16.5. The van der Waals surface area contributed by atoms with Gasteiger partial charge in [0.1, 0.15) is 17.3 Å². The summed E-state index contributed by atoms with van der Waals surface area (Å²) in [6.07, 6.45) is 5.78. The van der Waals surface area contributed by atoms with Crippen LogP contribution in [0.4, 0.5) is 4.39 Å². The Labute approximate surface area is 137 Å². The molecule has 1 aliphatic rings. The van der Waals surface area contributed by atoms with Crippen LogP contribution in [0.5, 0.6) is 0 Å². The normalized spacial score (nSPS) is 14.4. The Morgan fingerprint density at radius 1 is 1.12 bits per heavy atom. The van der Waals surface area contributed by atoms with Crippen LogP contribution in [0.1, 0.15) is 30.8 Å². The van der Waals surface area contributed by atoms with Gasteiger partial charge in [0.05, 0.1) is 18.4 Å². The third-order valence-corrected chi connectivity index (χ3v) is 4.23. The number of halogens is 1. The van der Waals surface area contributed by atoms with Gasteiger partial charge >= 0.3 is 5.69 Å². The molecule has 0 amide bonds. The molecule has 0 atom stereocenters. The van der Waals surface area contributed by atoms with Crippen molar-refractivity contribution in [3.8, 4) is 5.69 Å². The second-order valence-electron chi connectivity index (χ2n) is 5.95. The molecule has 1 aromatic carbocycles. The summed E-state index contributed by atoms with van der Waals surface area (Å²) in [6.45, 7) is 1.01. The van der Waals surface area contributed by atoms with Crippen LogP contribution in [0.3, 0.4) is 0 Å². The molecule has 124 valence electrons. The zero-order valence-electron chi connectivity index (χ0n) is 13.1. The first-order chi connectivity index (χ1) is 11.7. The summed E-state index contributed by atoms with van der Waals surface area (Å²) in [7, 11) is 0. The molecule has 0 spiro atoms. The Morgan fingerprint density at radius 3 is 2.79 bits per heavy atom. The van der Waals surface area contributed by atoms with E-state index in [4.69, 9.17) is 0 Å². The van der Waals surface area contributed by atoms with Crippen molar-refractivity contribution in [1.29, 1.82) is 0 Å². The Kier molecular flexibility index (Phi) is 3.72. The molecule has 7 nitrogen and oxygen atoms in total. The minimum Gasteiger partial charge on any atom is -0.279 e. The largest absolute Gasteiger partial charge is 0.346 e. The van der Waals surface area contributed by atoms with Gasteiger partial charge in [-0.15, -0.1) is 5.10 Å². The maximum Gasteiger partial charge on any atom is 0.346 e. The van der Waals surface area contributed by atoms with Crippen molar-refractivity contribution in [2.45, 2.75) is 38.8 Å². The summed E-state index contributed by atoms with van der Waals surface area (Å²) in [5.74, 6) is 0.550. The quantitative estimate of drug-likeness (QED) is 0.731. The number of rotatable bonds is 3. The lowest BCUT2D eigenvalue weighted by Crippen LogP contribution is -2.25. The van der Waals surface area contributed by atoms with Gasteiger partial charge in [0.25, 0.3) is 0 Å². The van der Waals surface area contributed by atoms with E-state index in [1.165, 1.54) is 16.8 Å². The van der Waals surface area contributed by atoms with E-state index >= 15 is 0 Å². The fraction of sp³-hybridized carbons (Fsp3) is 0.375. The highest BCUT2D eigenvalue weighted by Crippen LogP contribution is 2.11. The van der Waals surface area contributed by atoms with Crippen molar-refractivity contribution in [2.75, 3.05) is 0 Å². The van der Waals surface area contributed by atoms with Crippen molar-refractivity contribution in [3.63, 3.8) is 0 Å². The molecule has 0 unspecified atom stereocenters. The van der Waals surface area contributed by atoms with E-state index in [9.17, 15) is 9.18 Å². The summed E-state index contributed by atoms with van der Waals surface area (Å²) >= 11 is 0. The topological polar surface area (TPSA) is 70.5 Å². The van der Waals surface area contributed by atoms with E-state index in [1.807, 2.05) is 0 Å². The number of hydrogen-bond acceptors (Lipinski definition) is 4. The van der Waals surface area contributed by atoms with Crippen LogP contribution in [0, 0.1) is 5.82 Å². The minimum atomic E-state index is -0.301. The number of nitrogens with zero attached hydrogens (tertiary/aromatic N) is 6. The van der Waals surface area contributed by atoms with Crippen molar-refractivity contribution >= 4 is 0 Å². The third-order valence-electron chi connectivity index (χ3n) is 4.23. The molecule has 0 bridgehead atoms. The van der Waals surface area contributed by atoms with Crippen molar-refractivity contribution in [1.82, 2.24) is 29.3 Å². The summed E-state index contributed by atoms with van der Waals surface area (Å²) in [5, 5.41) is 12.6. The van der Waals surface area contributed by atoms with Crippen molar-refractivity contribution in [3.05, 3.63) is 58.3 Å². The van der Waals surface area contributed by atoms with E-state index in [-0.39, 0.29) is 18.1 Å². The smallest absolute Gasteiger partial charge is 0.279 e. The van der Waals surface area contributed by atoms with Gasteiger partial charge in [-0.3, -0.25) is 4.57 Å². The van der Waals surface area contributed by atoms with Crippen LogP contribution in [-0.2, 0) is 19.5 Å². The zero-order valence-corrected chi connectivity index (χ0v) is 13.1. The van der Waals surface area contributed by atoms with Gasteiger partial charge in [-0.25, -0.2) is 18.5 Å². The molecule has 0 fully saturated rings. The number of aryl methyl sites for hydroxylation is 1. The molecule has 1 aliphatic heterocycles. The first-order valence-corrected chi connectivity index (χ1v) is 8.04. The van der Waals surface area contributed by atoms with Crippen LogP contribution >= 0.6 is 0 Å². The van der Waals surface area contributed by atoms with Crippen LogP contribution < -0.4 is 5.69 Å². The Bertz CT molecular complexity index is 908. The lowest BCUT2D eigenvalue weighted by molar-refractivity contribution is 0.580. The molecular weight excluding hydrogens is 311 g/mol. The highest BCUT2D eigenvalue weighted by molar-refractivity contribution is 5.30. The Hall–Kier alpha value is -2.77. The first kappa shape index (κ1) is 14.8. The molecular formula is C16H17FN6O. The van der Waals surface area contributed by atoms with E-state index < -0.39 is 0 Å². The molecule has 0 saturated carbocycles. The van der Waals surface area contributed by atoms with E-state index in [1.54, 1.807) is 27.6 Å². The molecule has 3 heterocycles. The number of fused-ring (bicyclic) bond motifs is 1. The van der Waals surface area contributed by atoms with E-state index in [0.717, 1.165) is 38.1 Å². The van der Waals surface area contributed by atoms with Gasteiger partial charge in [0, 0.05) is 13.0 Å². The maximum absolute atomic E-state index is 13.0. The van der Waals surface area contributed by atoms with Crippen LogP contribution in [0.25, 0.3) is 5.69 Å². The maximum atomic E-state index is 13.0. The first-order valence-electron chi connectivity index (χ1n) is 8.04. The van der Waals surface area contributed by atoms with Crippen molar-refractivity contribution in [2.24, 2.45) is 0 Å². The second-order valence-corrected chi connectivity index (χ2v) is 5.95.